The van der Waals surface area contributed by atoms with Crippen molar-refractivity contribution >= 4 is 16.3 Å². The molecule has 65 heavy (non-hydrogen) atoms. The molecule has 382 valence electrons. The summed E-state index contributed by atoms with van der Waals surface area (Å²) in [6.07, 6.45) is 43.3. The van der Waals surface area contributed by atoms with Crippen LogP contribution in [0, 0.1) is 0 Å². The summed E-state index contributed by atoms with van der Waals surface area (Å²) < 4.78 is 47.7. The average molecular weight is 944 g/mol. The number of nitrogens with one attached hydrogen (secondary N) is 1. The fourth-order valence-electron chi connectivity index (χ4n) is 8.31. The monoisotopic (exact) mass is 944 g/mol. The Morgan fingerprint density at radius 3 is 1.46 bits per heavy atom. The van der Waals surface area contributed by atoms with Gasteiger partial charge >= 0.3 is 10.4 Å². The molecule has 7 unspecified atom stereocenters. The summed E-state index contributed by atoms with van der Waals surface area (Å²) in [5.41, 5.74) is 0. The first-order chi connectivity index (χ1) is 31.5. The van der Waals surface area contributed by atoms with Gasteiger partial charge in [0.15, 0.2) is 6.29 Å². The van der Waals surface area contributed by atoms with Gasteiger partial charge in [0, 0.05) is 6.42 Å². The summed E-state index contributed by atoms with van der Waals surface area (Å²) in [4.78, 5) is 13.1. The highest BCUT2D eigenvalue weighted by Crippen LogP contribution is 2.26. The second-order valence-electron chi connectivity index (χ2n) is 18.5. The first-order valence-electron chi connectivity index (χ1n) is 26.4. The summed E-state index contributed by atoms with van der Waals surface area (Å²) in [6.45, 7) is 3.39. The summed E-state index contributed by atoms with van der Waals surface area (Å²) in [7, 11) is -5.09. The quantitative estimate of drug-likeness (QED) is 0.0193. The first kappa shape index (κ1) is 61.3. The van der Waals surface area contributed by atoms with Crippen molar-refractivity contribution in [2.75, 3.05) is 13.2 Å². The van der Waals surface area contributed by atoms with E-state index in [1.54, 1.807) is 6.08 Å². The third-order valence-corrected chi connectivity index (χ3v) is 12.9. The SMILES string of the molecule is CCCCCCCCCCC/C=C\C/C=C\CCCCCCCCCCCC(=O)NC(COC1OC(CO)C(O)C(OS(=O)(=O)O)C1O)C(O)/C=C/CCCCCCCCCCCCC. The normalized spacial score (nSPS) is 20.4. The van der Waals surface area contributed by atoms with Gasteiger partial charge in [0.2, 0.25) is 5.91 Å². The molecule has 0 saturated carbocycles. The first-order valence-corrected chi connectivity index (χ1v) is 27.7. The lowest BCUT2D eigenvalue weighted by molar-refractivity contribution is -0.298. The van der Waals surface area contributed by atoms with Crippen molar-refractivity contribution in [3.8, 4) is 0 Å². The van der Waals surface area contributed by atoms with Crippen LogP contribution < -0.4 is 5.32 Å². The molecule has 0 aromatic rings. The zero-order valence-electron chi connectivity index (χ0n) is 41.1. The number of hydrogen-bond donors (Lipinski definition) is 6. The van der Waals surface area contributed by atoms with E-state index < -0.39 is 59.9 Å². The van der Waals surface area contributed by atoms with Crippen LogP contribution in [0.25, 0.3) is 0 Å². The number of carbonyl (C=O) groups is 1. The van der Waals surface area contributed by atoms with Crippen LogP contribution in [-0.4, -0.2) is 95.4 Å². The van der Waals surface area contributed by atoms with E-state index >= 15 is 0 Å². The number of rotatable bonds is 45. The van der Waals surface area contributed by atoms with Crippen LogP contribution in [0.15, 0.2) is 36.5 Å². The fourth-order valence-corrected chi connectivity index (χ4v) is 8.82. The lowest BCUT2D eigenvalue weighted by Crippen LogP contribution is -2.61. The van der Waals surface area contributed by atoms with Gasteiger partial charge in [-0.05, 0) is 51.4 Å². The van der Waals surface area contributed by atoms with E-state index in [1.807, 2.05) is 6.08 Å². The number of aliphatic hydroxyl groups excluding tert-OH is 4. The molecule has 1 heterocycles. The molecule has 7 atom stereocenters. The molecule has 0 spiro atoms. The van der Waals surface area contributed by atoms with E-state index in [0.717, 1.165) is 51.4 Å². The maximum absolute atomic E-state index is 13.1. The highest BCUT2D eigenvalue weighted by atomic mass is 32.3. The lowest BCUT2D eigenvalue weighted by atomic mass is 9.99. The molecule has 1 fully saturated rings. The van der Waals surface area contributed by atoms with Crippen molar-refractivity contribution in [1.82, 2.24) is 5.32 Å². The molecule has 0 aromatic heterocycles. The second-order valence-corrected chi connectivity index (χ2v) is 19.5. The van der Waals surface area contributed by atoms with E-state index in [-0.39, 0.29) is 18.9 Å². The van der Waals surface area contributed by atoms with Crippen LogP contribution in [0.3, 0.4) is 0 Å². The van der Waals surface area contributed by atoms with Crippen molar-refractivity contribution in [3.63, 3.8) is 0 Å². The molecule has 1 saturated heterocycles. The molecule has 1 rings (SSSR count). The van der Waals surface area contributed by atoms with Crippen molar-refractivity contribution in [2.24, 2.45) is 0 Å². The predicted octanol–water partition coefficient (Wildman–Crippen LogP) is 11.4. The number of carbonyl (C=O) groups excluding carboxylic acids is 1. The largest absolute Gasteiger partial charge is 0.397 e. The number of unbranched alkanes of at least 4 members (excludes halogenated alkanes) is 29. The zero-order chi connectivity index (χ0) is 47.6. The fraction of sp³-hybridized carbons (Fsp3) is 0.865. The van der Waals surface area contributed by atoms with Gasteiger partial charge in [0.1, 0.15) is 24.4 Å². The Morgan fingerprint density at radius 2 is 1.03 bits per heavy atom. The number of aliphatic hydroxyl groups is 4. The van der Waals surface area contributed by atoms with Gasteiger partial charge in [-0.15, -0.1) is 0 Å². The smallest absolute Gasteiger partial charge is 0.394 e. The predicted molar refractivity (Wildman–Crippen MR) is 264 cm³/mol. The van der Waals surface area contributed by atoms with Crippen LogP contribution in [0.1, 0.15) is 232 Å². The van der Waals surface area contributed by atoms with Crippen molar-refractivity contribution in [1.29, 1.82) is 0 Å². The molecule has 1 aliphatic rings. The van der Waals surface area contributed by atoms with Gasteiger partial charge in [0.05, 0.1) is 25.4 Å². The molecule has 1 amide bonds. The minimum Gasteiger partial charge on any atom is -0.394 e. The molecule has 13 heteroatoms. The van der Waals surface area contributed by atoms with E-state index in [1.165, 1.54) is 154 Å². The molecular formula is C52H97NO11S. The standard InChI is InChI=1S/C52H97NO11S/c1-3-5-7-9-11-13-15-17-18-19-20-21-22-23-24-25-26-27-28-30-32-34-36-38-40-42-48(56)53-45(46(55)41-39-37-35-33-31-29-16-14-12-10-8-6-4-2)44-62-52-50(58)51(64-65(59,60)61)49(57)47(43-54)63-52/h20-21,23-24,39,41,45-47,49-52,54-55,57-58H,3-19,22,25-38,40,42-44H2,1-2H3,(H,53,56)(H,59,60,61)/b21-20-,24-23-,41-39+. The Balaban J connectivity index is 2.39. The maximum Gasteiger partial charge on any atom is 0.397 e. The van der Waals surface area contributed by atoms with Crippen LogP contribution in [0.5, 0.6) is 0 Å². The summed E-state index contributed by atoms with van der Waals surface area (Å²) in [5, 5.41) is 44.8. The summed E-state index contributed by atoms with van der Waals surface area (Å²) in [5.74, 6) is -0.267. The highest BCUT2D eigenvalue weighted by Gasteiger charge is 2.48. The van der Waals surface area contributed by atoms with E-state index in [9.17, 15) is 38.2 Å². The molecule has 6 N–H and O–H groups in total. The molecular weight excluding hydrogens is 847 g/mol. The zero-order valence-corrected chi connectivity index (χ0v) is 41.9. The molecule has 0 aromatic carbocycles. The summed E-state index contributed by atoms with van der Waals surface area (Å²) in [6, 6.07) is -0.946. The molecule has 0 bridgehead atoms. The Labute approximate surface area is 396 Å². The molecule has 0 radical (unpaired) electrons. The Kier molecular flexibility index (Phi) is 40.0. The Morgan fingerprint density at radius 1 is 0.615 bits per heavy atom. The van der Waals surface area contributed by atoms with Crippen molar-refractivity contribution in [3.05, 3.63) is 36.5 Å². The van der Waals surface area contributed by atoms with Crippen LogP contribution in [0.2, 0.25) is 0 Å². The van der Waals surface area contributed by atoms with Gasteiger partial charge in [-0.2, -0.15) is 8.42 Å². The van der Waals surface area contributed by atoms with Gasteiger partial charge in [-0.3, -0.25) is 9.35 Å². The van der Waals surface area contributed by atoms with Gasteiger partial charge in [-0.25, -0.2) is 4.18 Å². The number of hydrogen-bond acceptors (Lipinski definition) is 10. The second kappa shape index (κ2) is 42.4. The van der Waals surface area contributed by atoms with E-state index in [4.69, 9.17) is 9.47 Å². The maximum atomic E-state index is 13.1. The third kappa shape index (κ3) is 35.1. The van der Waals surface area contributed by atoms with E-state index in [0.29, 0.717) is 6.42 Å². The van der Waals surface area contributed by atoms with Gasteiger partial charge in [0.25, 0.3) is 0 Å². The summed E-state index contributed by atoms with van der Waals surface area (Å²) >= 11 is 0. The average Bonchev–Trinajstić information content (AvgIpc) is 3.28. The van der Waals surface area contributed by atoms with Crippen LogP contribution >= 0.6 is 0 Å². The van der Waals surface area contributed by atoms with Gasteiger partial charge < -0.3 is 35.2 Å². The van der Waals surface area contributed by atoms with Gasteiger partial charge in [-0.1, -0.05) is 211 Å². The topological polar surface area (TPSA) is 192 Å². The van der Waals surface area contributed by atoms with Crippen molar-refractivity contribution in [2.45, 2.75) is 275 Å². The minimum absolute atomic E-state index is 0.264. The molecule has 0 aliphatic carbocycles. The molecule has 1 aliphatic heterocycles. The van der Waals surface area contributed by atoms with Crippen LogP contribution in [0.4, 0.5) is 0 Å². The highest BCUT2D eigenvalue weighted by molar-refractivity contribution is 7.80. The third-order valence-electron chi connectivity index (χ3n) is 12.4. The Bertz CT molecular complexity index is 1300. The molecule has 12 nitrogen and oxygen atoms in total. The van der Waals surface area contributed by atoms with E-state index in [2.05, 4.69) is 47.7 Å². The number of allylic oxidation sites excluding steroid dienone is 5. The van der Waals surface area contributed by atoms with Crippen LogP contribution in [-0.2, 0) is 28.9 Å². The Hall–Kier alpha value is -1.68. The van der Waals surface area contributed by atoms with Crippen molar-refractivity contribution < 1.29 is 51.8 Å². The number of amides is 1. The minimum atomic E-state index is -5.09. The number of ether oxygens (including phenoxy) is 2. The lowest BCUT2D eigenvalue weighted by Gasteiger charge is -2.41.